The Labute approximate surface area is 190 Å². The first-order chi connectivity index (χ1) is 15.5. The van der Waals surface area contributed by atoms with Crippen LogP contribution in [-0.2, 0) is 0 Å². The second-order valence-corrected chi connectivity index (χ2v) is 8.10. The van der Waals surface area contributed by atoms with Crippen LogP contribution in [0.5, 0.6) is 0 Å². The van der Waals surface area contributed by atoms with Crippen LogP contribution < -0.4 is 10.2 Å². The number of hydrogen-bond donors (Lipinski definition) is 1. The zero-order valence-electron chi connectivity index (χ0n) is 17.2. The Morgan fingerprint density at radius 2 is 1.72 bits per heavy atom. The molecule has 0 spiro atoms. The summed E-state index contributed by atoms with van der Waals surface area (Å²) < 4.78 is 29.5. The number of nitrogens with zero attached hydrogens (tertiary/aromatic N) is 3. The third kappa shape index (κ3) is 3.54. The molecule has 2 aromatic heterocycles. The van der Waals surface area contributed by atoms with E-state index in [1.54, 1.807) is 37.4 Å². The Hall–Kier alpha value is -3.58. The minimum absolute atomic E-state index is 0.233. The molecule has 1 aliphatic rings. The topological polar surface area (TPSA) is 33.1 Å². The summed E-state index contributed by atoms with van der Waals surface area (Å²) in [5.41, 5.74) is 3.95. The highest BCUT2D eigenvalue weighted by Gasteiger charge is 2.42. The predicted molar refractivity (Wildman–Crippen MR) is 125 cm³/mol. The minimum atomic E-state index is -0.291. The van der Waals surface area contributed by atoms with Gasteiger partial charge in [0.05, 0.1) is 11.7 Å². The number of aromatic nitrogens is 2. The first-order valence-corrected chi connectivity index (χ1v) is 10.6. The van der Waals surface area contributed by atoms with Gasteiger partial charge in [0.2, 0.25) is 0 Å². The number of pyridine rings is 1. The number of aryl methyl sites for hydroxylation is 1. The van der Waals surface area contributed by atoms with Gasteiger partial charge in [-0.1, -0.05) is 6.07 Å². The van der Waals surface area contributed by atoms with Crippen molar-refractivity contribution >= 4 is 23.0 Å². The van der Waals surface area contributed by atoms with E-state index in [0.29, 0.717) is 10.7 Å². The van der Waals surface area contributed by atoms with Crippen molar-refractivity contribution in [2.75, 3.05) is 4.90 Å². The molecule has 1 fully saturated rings. The van der Waals surface area contributed by atoms with E-state index in [2.05, 4.69) is 10.3 Å². The van der Waals surface area contributed by atoms with Crippen molar-refractivity contribution in [2.45, 2.75) is 19.0 Å². The molecular weight excluding hydrogens is 426 g/mol. The van der Waals surface area contributed by atoms with Crippen molar-refractivity contribution in [2.24, 2.45) is 0 Å². The molecule has 0 amide bonds. The van der Waals surface area contributed by atoms with Crippen LogP contribution >= 0.6 is 12.2 Å². The van der Waals surface area contributed by atoms with Crippen LogP contribution in [0.2, 0.25) is 0 Å². The number of halogens is 2. The van der Waals surface area contributed by atoms with Crippen LogP contribution in [0.15, 0.2) is 85.2 Å². The second-order valence-electron chi connectivity index (χ2n) is 7.71. The number of hydrogen-bond acceptors (Lipinski definition) is 2. The quantitative estimate of drug-likeness (QED) is 0.412. The molecule has 0 unspecified atom stereocenters. The molecule has 5 rings (SSSR count). The van der Waals surface area contributed by atoms with E-state index in [1.165, 1.54) is 18.2 Å². The summed E-state index contributed by atoms with van der Waals surface area (Å²) >= 11 is 5.74. The molecule has 32 heavy (non-hydrogen) atoms. The highest BCUT2D eigenvalue weighted by atomic mass is 32.1. The summed E-state index contributed by atoms with van der Waals surface area (Å²) in [5.74, 6) is -0.555. The Kier molecular flexibility index (Phi) is 5.19. The lowest BCUT2D eigenvalue weighted by atomic mass is 10.0. The Morgan fingerprint density at radius 1 is 0.938 bits per heavy atom. The maximum absolute atomic E-state index is 14.0. The maximum Gasteiger partial charge on any atom is 0.174 e. The normalized spacial score (nSPS) is 18.1. The summed E-state index contributed by atoms with van der Waals surface area (Å²) in [7, 11) is 0. The number of rotatable bonds is 4. The van der Waals surface area contributed by atoms with Crippen LogP contribution in [0, 0.1) is 18.6 Å². The molecule has 0 radical (unpaired) electrons. The lowest BCUT2D eigenvalue weighted by molar-refractivity contribution is 0.548. The summed E-state index contributed by atoms with van der Waals surface area (Å²) in [6.45, 7) is 1.73. The van der Waals surface area contributed by atoms with Crippen molar-refractivity contribution in [3.8, 4) is 5.69 Å². The van der Waals surface area contributed by atoms with Gasteiger partial charge in [-0.3, -0.25) is 4.98 Å². The summed E-state index contributed by atoms with van der Waals surface area (Å²) in [6, 6.07) is 20.6. The molecule has 4 nitrogen and oxygen atoms in total. The van der Waals surface area contributed by atoms with Crippen molar-refractivity contribution in [3.63, 3.8) is 0 Å². The third-order valence-corrected chi connectivity index (χ3v) is 6.02. The first kappa shape index (κ1) is 20.3. The average molecular weight is 447 g/mol. The molecule has 2 aromatic carbocycles. The van der Waals surface area contributed by atoms with Crippen LogP contribution in [0.3, 0.4) is 0 Å². The Bertz CT molecular complexity index is 1270. The lowest BCUT2D eigenvalue weighted by Gasteiger charge is -2.29. The van der Waals surface area contributed by atoms with Gasteiger partial charge in [0.1, 0.15) is 17.7 Å². The first-order valence-electron chi connectivity index (χ1n) is 10.2. The van der Waals surface area contributed by atoms with Crippen molar-refractivity contribution in [1.29, 1.82) is 0 Å². The van der Waals surface area contributed by atoms with Gasteiger partial charge >= 0.3 is 0 Å². The molecule has 3 heterocycles. The van der Waals surface area contributed by atoms with Crippen molar-refractivity contribution < 1.29 is 8.78 Å². The van der Waals surface area contributed by atoms with Gasteiger partial charge in [0.15, 0.2) is 5.11 Å². The third-order valence-electron chi connectivity index (χ3n) is 5.71. The highest BCUT2D eigenvalue weighted by Crippen LogP contribution is 2.42. The summed E-state index contributed by atoms with van der Waals surface area (Å²) in [5, 5.41) is 3.94. The van der Waals surface area contributed by atoms with E-state index in [-0.39, 0.29) is 23.7 Å². The molecular formula is C25H20F2N4S. The van der Waals surface area contributed by atoms with Gasteiger partial charge in [-0.2, -0.15) is 0 Å². The van der Waals surface area contributed by atoms with Crippen LogP contribution in [0.25, 0.3) is 5.69 Å². The minimum Gasteiger partial charge on any atom is -0.351 e. The molecule has 7 heteroatoms. The molecule has 0 bridgehead atoms. The number of benzene rings is 2. The number of nitrogens with one attached hydrogen (secondary N) is 1. The molecule has 0 saturated carbocycles. The molecule has 1 aliphatic heterocycles. The lowest BCUT2D eigenvalue weighted by Crippen LogP contribution is -2.30. The van der Waals surface area contributed by atoms with Crippen molar-refractivity contribution in [1.82, 2.24) is 14.9 Å². The fourth-order valence-corrected chi connectivity index (χ4v) is 4.53. The highest BCUT2D eigenvalue weighted by molar-refractivity contribution is 7.80. The van der Waals surface area contributed by atoms with Gasteiger partial charge in [0.25, 0.3) is 0 Å². The second kappa shape index (κ2) is 8.16. The van der Waals surface area contributed by atoms with E-state index in [0.717, 1.165) is 22.8 Å². The molecule has 1 N–H and O–H groups in total. The standard InChI is InChI=1S/C25H20F2N4S/c1-16-15-19(11-12-20(16)27)31-24(23(29-25(31)32)21-5-2-3-13-28-21)22-6-4-14-30(22)18-9-7-17(26)8-10-18/h2-15,23-24H,1H3,(H,29,32)/t23-,24-/m1/s1. The van der Waals surface area contributed by atoms with E-state index >= 15 is 0 Å². The van der Waals surface area contributed by atoms with Crippen LogP contribution in [0.1, 0.15) is 29.0 Å². The Balaban J connectivity index is 1.67. The average Bonchev–Trinajstić information content (AvgIpc) is 3.41. The maximum atomic E-state index is 14.0. The zero-order valence-corrected chi connectivity index (χ0v) is 18.1. The van der Waals surface area contributed by atoms with Gasteiger partial charge in [-0.05, 0) is 91.4 Å². The smallest absolute Gasteiger partial charge is 0.174 e. The predicted octanol–water partition coefficient (Wildman–Crippen LogP) is 5.64. The summed E-state index contributed by atoms with van der Waals surface area (Å²) in [4.78, 5) is 6.56. The molecule has 160 valence electrons. The molecule has 0 aliphatic carbocycles. The fraction of sp³-hybridized carbons (Fsp3) is 0.120. The molecule has 4 aromatic rings. The van der Waals surface area contributed by atoms with E-state index in [1.807, 2.05) is 46.0 Å². The van der Waals surface area contributed by atoms with Gasteiger partial charge < -0.3 is 14.8 Å². The fourth-order valence-electron chi connectivity index (χ4n) is 4.18. The van der Waals surface area contributed by atoms with Crippen LogP contribution in [0.4, 0.5) is 14.5 Å². The zero-order chi connectivity index (χ0) is 22.2. The van der Waals surface area contributed by atoms with E-state index in [9.17, 15) is 8.78 Å². The molecule has 2 atom stereocenters. The SMILES string of the molecule is Cc1cc(N2C(=S)N[C@H](c3ccccn3)[C@H]2c2cccn2-c2ccc(F)cc2)ccc1F. The van der Waals surface area contributed by atoms with Gasteiger partial charge in [-0.25, -0.2) is 8.78 Å². The number of anilines is 1. The van der Waals surface area contributed by atoms with E-state index < -0.39 is 0 Å². The van der Waals surface area contributed by atoms with Crippen LogP contribution in [-0.4, -0.2) is 14.7 Å². The molecule has 1 saturated heterocycles. The van der Waals surface area contributed by atoms with Crippen molar-refractivity contribution in [3.05, 3.63) is 114 Å². The monoisotopic (exact) mass is 446 g/mol. The summed E-state index contributed by atoms with van der Waals surface area (Å²) in [6.07, 6.45) is 3.69. The Morgan fingerprint density at radius 3 is 2.44 bits per heavy atom. The van der Waals surface area contributed by atoms with Gasteiger partial charge in [-0.15, -0.1) is 0 Å². The largest absolute Gasteiger partial charge is 0.351 e. The van der Waals surface area contributed by atoms with Gasteiger partial charge in [0, 0.05) is 29.5 Å². The van der Waals surface area contributed by atoms with E-state index in [4.69, 9.17) is 12.2 Å². The number of thiocarbonyl (C=S) groups is 1.